The van der Waals surface area contributed by atoms with Gasteiger partial charge in [-0.05, 0) is 60.2 Å². The van der Waals surface area contributed by atoms with Gasteiger partial charge in [0, 0.05) is 13.2 Å². The Balaban J connectivity index is 4.69. The summed E-state index contributed by atoms with van der Waals surface area (Å²) in [7, 11) is -9.94. The van der Waals surface area contributed by atoms with Gasteiger partial charge in [-0.3, -0.25) is 9.05 Å². The van der Waals surface area contributed by atoms with E-state index < -0.39 is 41.1 Å². The molecule has 0 fully saturated rings. The third-order valence-corrected chi connectivity index (χ3v) is 13.2. The lowest BCUT2D eigenvalue weighted by Crippen LogP contribution is -2.28. The van der Waals surface area contributed by atoms with E-state index in [2.05, 4.69) is 73.8 Å². The van der Waals surface area contributed by atoms with Gasteiger partial charge in [-0.1, -0.05) is 185 Å². The van der Waals surface area contributed by atoms with Crippen molar-refractivity contribution < 1.29 is 52.0 Å². The maximum atomic E-state index is 12.5. The SMILES string of the molecule is CC(C)CCCC(C)CCC[C@@H](C)CCC[C@@H](C)CCOC[C@@H](COP(=O)(O)OC[C@H](O)COP(=O)([O-])[O-])OCC[C@H](C)CCC[C@H](C)CCCC(C)CCCC(C)C. The second-order valence-corrected chi connectivity index (χ2v) is 22.2. The van der Waals surface area contributed by atoms with Crippen LogP contribution in [0.15, 0.2) is 0 Å². The zero-order valence-corrected chi connectivity index (χ0v) is 41.4. The fourth-order valence-electron chi connectivity index (χ4n) is 7.57. The Morgan fingerprint density at radius 2 is 0.763 bits per heavy atom. The molecule has 11 nitrogen and oxygen atoms in total. The van der Waals surface area contributed by atoms with Crippen molar-refractivity contribution in [2.75, 3.05) is 39.6 Å². The van der Waals surface area contributed by atoms with E-state index in [1.165, 1.54) is 103 Å². The summed E-state index contributed by atoms with van der Waals surface area (Å²) in [5.41, 5.74) is 0. The van der Waals surface area contributed by atoms with Crippen molar-refractivity contribution in [3.8, 4) is 0 Å². The van der Waals surface area contributed by atoms with Crippen LogP contribution in [-0.2, 0) is 32.2 Å². The minimum Gasteiger partial charge on any atom is -0.790 e. The number of rotatable bonds is 42. The predicted molar refractivity (Wildman–Crippen MR) is 239 cm³/mol. The molecule has 0 rings (SSSR count). The Bertz CT molecular complexity index is 1060. The average Bonchev–Trinajstić information content (AvgIpc) is 3.13. The number of phosphoric ester groups is 2. The molecule has 0 saturated carbocycles. The number of aliphatic hydroxyl groups is 1. The number of phosphoric acid groups is 2. The van der Waals surface area contributed by atoms with Crippen LogP contribution in [0.5, 0.6) is 0 Å². The van der Waals surface area contributed by atoms with Gasteiger partial charge < -0.3 is 38.3 Å². The monoisotopic (exact) mass is 885 g/mol. The van der Waals surface area contributed by atoms with Gasteiger partial charge in [-0.2, -0.15) is 0 Å². The molecular formula is C46H94O11P2-2. The van der Waals surface area contributed by atoms with E-state index in [0.717, 1.165) is 61.2 Å². The highest BCUT2D eigenvalue weighted by Crippen LogP contribution is 2.43. The van der Waals surface area contributed by atoms with E-state index in [-0.39, 0.29) is 13.2 Å². The molecule has 0 aromatic rings. The molecule has 13 heteroatoms. The molecule has 0 heterocycles. The van der Waals surface area contributed by atoms with Crippen molar-refractivity contribution in [1.29, 1.82) is 0 Å². The van der Waals surface area contributed by atoms with Gasteiger partial charge in [0.25, 0.3) is 0 Å². The maximum absolute atomic E-state index is 12.5. The highest BCUT2D eigenvalue weighted by Gasteiger charge is 2.26. The summed E-state index contributed by atoms with van der Waals surface area (Å²) in [6.07, 6.45) is 22.6. The second-order valence-electron chi connectivity index (χ2n) is 19.6. The summed E-state index contributed by atoms with van der Waals surface area (Å²) in [6.45, 7) is 22.5. The van der Waals surface area contributed by atoms with Gasteiger partial charge in [0.15, 0.2) is 0 Å². The van der Waals surface area contributed by atoms with Gasteiger partial charge in [0.05, 0.1) is 34.3 Å². The molecule has 356 valence electrons. The van der Waals surface area contributed by atoms with Gasteiger partial charge in [-0.15, -0.1) is 0 Å². The van der Waals surface area contributed by atoms with Crippen LogP contribution >= 0.6 is 15.6 Å². The first-order valence-electron chi connectivity index (χ1n) is 23.8. The fraction of sp³-hybridized carbons (Fsp3) is 1.00. The molecule has 0 radical (unpaired) electrons. The molecule has 0 aliphatic carbocycles. The standard InChI is InChI=1S/C46H96O11P2/c1-37(2)17-11-19-39(5)21-13-23-41(7)25-15-27-43(9)29-31-53-35-46(36-57-59(51,52)56-34-45(47)33-55-58(48,49)50)54-32-30-44(10)28-16-26-42(8)24-14-22-40(6)20-12-18-38(3)4/h37-47H,11-36H2,1-10H3,(H,51,52)(H2,48,49,50)/p-2/t39?,40?,41-,42-,43-,44-,45-,46+/m1/s1. The van der Waals surface area contributed by atoms with E-state index in [4.69, 9.17) is 18.5 Å². The van der Waals surface area contributed by atoms with Crippen LogP contribution in [0.1, 0.15) is 198 Å². The third kappa shape index (κ3) is 40.6. The van der Waals surface area contributed by atoms with Crippen molar-refractivity contribution in [3.05, 3.63) is 0 Å². The molecule has 9 atom stereocenters. The number of hydrogen-bond donors (Lipinski definition) is 2. The van der Waals surface area contributed by atoms with E-state index in [9.17, 15) is 28.9 Å². The van der Waals surface area contributed by atoms with Crippen molar-refractivity contribution >= 4 is 15.6 Å². The summed E-state index contributed by atoms with van der Waals surface area (Å²) in [5, 5.41) is 9.79. The first-order valence-corrected chi connectivity index (χ1v) is 26.8. The molecule has 59 heavy (non-hydrogen) atoms. The zero-order chi connectivity index (χ0) is 44.7. The second kappa shape index (κ2) is 35.4. The summed E-state index contributed by atoms with van der Waals surface area (Å²) in [4.78, 5) is 31.5. The van der Waals surface area contributed by atoms with Crippen molar-refractivity contribution in [2.24, 2.45) is 47.3 Å². The van der Waals surface area contributed by atoms with Crippen LogP contribution in [0.2, 0.25) is 0 Å². The van der Waals surface area contributed by atoms with Gasteiger partial charge >= 0.3 is 7.82 Å². The Morgan fingerprint density at radius 3 is 1.14 bits per heavy atom. The molecule has 0 aromatic carbocycles. The lowest BCUT2D eigenvalue weighted by molar-refractivity contribution is -0.342. The predicted octanol–water partition coefficient (Wildman–Crippen LogP) is 11.7. The molecule has 0 spiro atoms. The van der Waals surface area contributed by atoms with Crippen LogP contribution in [0.4, 0.5) is 0 Å². The van der Waals surface area contributed by atoms with Gasteiger partial charge in [0.1, 0.15) is 12.2 Å². The molecule has 0 aromatic heterocycles. The summed E-state index contributed by atoms with van der Waals surface area (Å²) < 4.78 is 49.3. The van der Waals surface area contributed by atoms with Crippen LogP contribution in [0, 0.1) is 47.3 Å². The highest BCUT2D eigenvalue weighted by molar-refractivity contribution is 7.47. The largest absolute Gasteiger partial charge is 0.790 e. The number of hydrogen-bond acceptors (Lipinski definition) is 10. The van der Waals surface area contributed by atoms with E-state index in [1.54, 1.807) is 0 Å². The molecule has 2 N–H and O–H groups in total. The first-order chi connectivity index (χ1) is 27.7. The van der Waals surface area contributed by atoms with Crippen molar-refractivity contribution in [3.63, 3.8) is 0 Å². The van der Waals surface area contributed by atoms with Gasteiger partial charge in [-0.25, -0.2) is 4.57 Å². The van der Waals surface area contributed by atoms with Crippen LogP contribution in [0.25, 0.3) is 0 Å². The maximum Gasteiger partial charge on any atom is 0.472 e. The lowest BCUT2D eigenvalue weighted by Gasteiger charge is -2.29. The Labute approximate surface area is 363 Å². The van der Waals surface area contributed by atoms with Crippen LogP contribution < -0.4 is 9.79 Å². The quantitative estimate of drug-likeness (QED) is 0.0442. The van der Waals surface area contributed by atoms with Gasteiger partial charge in [0.2, 0.25) is 0 Å². The van der Waals surface area contributed by atoms with Crippen LogP contribution in [0.3, 0.4) is 0 Å². The first kappa shape index (κ1) is 59.1. The summed E-state index contributed by atoms with van der Waals surface area (Å²) in [5.74, 6) is 5.69. The van der Waals surface area contributed by atoms with E-state index in [0.29, 0.717) is 25.0 Å². The Kier molecular flexibility index (Phi) is 35.5. The smallest absolute Gasteiger partial charge is 0.472 e. The number of ether oxygens (including phenoxy) is 2. The Hall–Kier alpha value is 0.1000. The molecule has 0 aliphatic rings. The number of aliphatic hydroxyl groups excluding tert-OH is 1. The van der Waals surface area contributed by atoms with Crippen LogP contribution in [-0.4, -0.2) is 61.8 Å². The minimum absolute atomic E-state index is 0.181. The normalized spacial score (nSPS) is 17.8. The van der Waals surface area contributed by atoms with E-state index in [1.807, 2.05) is 0 Å². The lowest BCUT2D eigenvalue weighted by atomic mass is 9.91. The molecule has 0 aliphatic heterocycles. The molecule has 0 amide bonds. The average molecular weight is 885 g/mol. The third-order valence-electron chi connectivity index (χ3n) is 11.8. The molecule has 3 unspecified atom stereocenters. The molecule has 0 bridgehead atoms. The van der Waals surface area contributed by atoms with Crippen molar-refractivity contribution in [1.82, 2.24) is 0 Å². The fourth-order valence-corrected chi connectivity index (χ4v) is 8.72. The highest BCUT2D eigenvalue weighted by atomic mass is 31.2. The molecular weight excluding hydrogens is 790 g/mol. The molecule has 0 saturated heterocycles. The summed E-state index contributed by atoms with van der Waals surface area (Å²) >= 11 is 0. The van der Waals surface area contributed by atoms with E-state index >= 15 is 0 Å². The summed E-state index contributed by atoms with van der Waals surface area (Å²) in [6, 6.07) is 0. The minimum atomic E-state index is -5.30. The van der Waals surface area contributed by atoms with Crippen molar-refractivity contribution in [2.45, 2.75) is 210 Å². The zero-order valence-electron chi connectivity index (χ0n) is 39.6. The topological polar surface area (TPSA) is 167 Å². The Morgan fingerprint density at radius 1 is 0.441 bits per heavy atom.